The van der Waals surface area contributed by atoms with Crippen molar-refractivity contribution in [1.29, 1.82) is 0 Å². The summed E-state index contributed by atoms with van der Waals surface area (Å²) < 4.78 is 34.7. The van der Waals surface area contributed by atoms with Gasteiger partial charge in [0.05, 0.1) is 25.8 Å². The van der Waals surface area contributed by atoms with E-state index in [9.17, 15) is 13.5 Å². The lowest BCUT2D eigenvalue weighted by molar-refractivity contribution is 0.193. The van der Waals surface area contributed by atoms with Crippen LogP contribution in [0.15, 0.2) is 77.7 Å². The molecular formula is C28H28N2O4S. The van der Waals surface area contributed by atoms with Crippen LogP contribution in [0.1, 0.15) is 29.2 Å². The topological polar surface area (TPSA) is 70.1 Å². The standard InChI is InChI=1S/C28H28N2O4S/c1-29-24-15-14-21(13-12-20-8-4-3-5-9-20)18-23(24)28-22(25(29)19-31)16-17-30(28)35(32,33)27-11-7-6-10-26(27)34-2/h3-11,14-15,18,22,25,28,31H,16-17,19H2,1-2H3/t22-,25+,28-/m0/s1. The third-order valence-corrected chi connectivity index (χ3v) is 9.00. The summed E-state index contributed by atoms with van der Waals surface area (Å²) in [4.78, 5) is 2.23. The van der Waals surface area contributed by atoms with Gasteiger partial charge in [0, 0.05) is 36.3 Å². The molecule has 3 aromatic carbocycles. The SMILES string of the molecule is COc1ccccc1S(=O)(=O)N1CC[C@H]2[C@@H](CO)N(C)c3ccc(C#Cc4ccccc4)cc3[C@H]21. The van der Waals surface area contributed by atoms with Crippen molar-refractivity contribution in [3.63, 3.8) is 0 Å². The van der Waals surface area contributed by atoms with Crippen molar-refractivity contribution in [2.75, 3.05) is 32.2 Å². The maximum Gasteiger partial charge on any atom is 0.247 e. The van der Waals surface area contributed by atoms with E-state index in [1.165, 1.54) is 7.11 Å². The Bertz CT molecular complexity index is 1400. The molecule has 2 aliphatic heterocycles. The second-order valence-corrected chi connectivity index (χ2v) is 10.8. The van der Waals surface area contributed by atoms with Crippen LogP contribution in [0.5, 0.6) is 5.75 Å². The van der Waals surface area contributed by atoms with Crippen LogP contribution in [0, 0.1) is 17.8 Å². The van der Waals surface area contributed by atoms with Crippen LogP contribution in [-0.2, 0) is 10.0 Å². The van der Waals surface area contributed by atoms with Gasteiger partial charge in [0.2, 0.25) is 10.0 Å². The second-order valence-electron chi connectivity index (χ2n) is 8.91. The molecule has 0 bridgehead atoms. The van der Waals surface area contributed by atoms with Gasteiger partial charge >= 0.3 is 0 Å². The second kappa shape index (κ2) is 9.38. The summed E-state index contributed by atoms with van der Waals surface area (Å²) in [5, 5.41) is 10.2. The summed E-state index contributed by atoms with van der Waals surface area (Å²) in [6, 6.07) is 21.8. The molecule has 0 spiro atoms. The van der Waals surface area contributed by atoms with Gasteiger partial charge in [-0.1, -0.05) is 42.2 Å². The molecule has 0 aliphatic carbocycles. The predicted octanol–water partition coefficient (Wildman–Crippen LogP) is 3.66. The maximum atomic E-state index is 13.9. The zero-order chi connectivity index (χ0) is 24.6. The van der Waals surface area contributed by atoms with Gasteiger partial charge in [-0.15, -0.1) is 0 Å². The van der Waals surface area contributed by atoms with E-state index in [1.807, 2.05) is 55.6 Å². The molecule has 6 nitrogen and oxygen atoms in total. The zero-order valence-corrected chi connectivity index (χ0v) is 20.6. The number of hydrogen-bond acceptors (Lipinski definition) is 5. The summed E-state index contributed by atoms with van der Waals surface area (Å²) in [6.07, 6.45) is 0.661. The Morgan fingerprint density at radius 1 is 1.00 bits per heavy atom. The molecule has 180 valence electrons. The number of hydrogen-bond donors (Lipinski definition) is 1. The van der Waals surface area contributed by atoms with Crippen LogP contribution in [0.4, 0.5) is 5.69 Å². The Labute approximate surface area is 206 Å². The molecule has 1 fully saturated rings. The third kappa shape index (κ3) is 4.08. The third-order valence-electron chi connectivity index (χ3n) is 7.08. The number of para-hydroxylation sites is 1. The number of benzene rings is 3. The molecular weight excluding hydrogens is 460 g/mol. The van der Waals surface area contributed by atoms with Gasteiger partial charge in [0.1, 0.15) is 10.6 Å². The Morgan fingerprint density at radius 2 is 1.71 bits per heavy atom. The van der Waals surface area contributed by atoms with Crippen LogP contribution in [0.2, 0.25) is 0 Å². The highest BCUT2D eigenvalue weighted by Crippen LogP contribution is 2.50. The molecule has 2 aliphatic rings. The first-order valence-corrected chi connectivity index (χ1v) is 13.1. The van der Waals surface area contributed by atoms with Gasteiger partial charge in [-0.3, -0.25) is 0 Å². The summed E-state index contributed by atoms with van der Waals surface area (Å²) in [5.74, 6) is 6.70. The Morgan fingerprint density at radius 3 is 2.46 bits per heavy atom. The number of ether oxygens (including phenoxy) is 1. The van der Waals surface area contributed by atoms with E-state index >= 15 is 0 Å². The number of aliphatic hydroxyl groups excluding tert-OH is 1. The number of likely N-dealkylation sites (N-methyl/N-ethyl adjacent to an activating group) is 1. The minimum atomic E-state index is -3.84. The number of anilines is 1. The van der Waals surface area contributed by atoms with Crippen LogP contribution >= 0.6 is 0 Å². The molecule has 3 aromatic rings. The van der Waals surface area contributed by atoms with Crippen molar-refractivity contribution >= 4 is 15.7 Å². The van der Waals surface area contributed by atoms with E-state index < -0.39 is 16.1 Å². The quantitative estimate of drug-likeness (QED) is 0.568. The van der Waals surface area contributed by atoms with Crippen molar-refractivity contribution in [2.45, 2.75) is 23.4 Å². The monoisotopic (exact) mass is 488 g/mol. The van der Waals surface area contributed by atoms with Gasteiger partial charge in [0.25, 0.3) is 0 Å². The summed E-state index contributed by atoms with van der Waals surface area (Å²) in [6.45, 7) is 0.328. The fourth-order valence-corrected chi connectivity index (χ4v) is 7.21. The van der Waals surface area contributed by atoms with Crippen molar-refractivity contribution in [3.05, 3.63) is 89.5 Å². The number of nitrogens with zero attached hydrogens (tertiary/aromatic N) is 2. The number of rotatable bonds is 4. The van der Waals surface area contributed by atoms with Gasteiger partial charge < -0.3 is 14.7 Å². The molecule has 0 saturated carbocycles. The Kier molecular flexibility index (Phi) is 6.28. The molecule has 3 atom stereocenters. The lowest BCUT2D eigenvalue weighted by Crippen LogP contribution is -2.48. The fraction of sp³-hybridized carbons (Fsp3) is 0.286. The average molecular weight is 489 g/mol. The first-order valence-electron chi connectivity index (χ1n) is 11.6. The van der Waals surface area contributed by atoms with E-state index in [0.29, 0.717) is 18.7 Å². The normalized spacial score (nSPS) is 21.6. The first-order chi connectivity index (χ1) is 17.0. The molecule has 1 N–H and O–H groups in total. The van der Waals surface area contributed by atoms with E-state index in [1.54, 1.807) is 28.6 Å². The van der Waals surface area contributed by atoms with Gasteiger partial charge in [0.15, 0.2) is 0 Å². The molecule has 0 radical (unpaired) electrons. The van der Waals surface area contributed by atoms with Crippen LogP contribution in [0.25, 0.3) is 0 Å². The molecule has 35 heavy (non-hydrogen) atoms. The summed E-state index contributed by atoms with van der Waals surface area (Å²) in [7, 11) is -0.401. The Balaban J connectivity index is 1.61. The van der Waals surface area contributed by atoms with Crippen molar-refractivity contribution in [1.82, 2.24) is 4.31 Å². The number of methoxy groups -OCH3 is 1. The molecule has 1 saturated heterocycles. The minimum Gasteiger partial charge on any atom is -0.495 e. The highest BCUT2D eigenvalue weighted by atomic mass is 32.2. The molecule has 0 aromatic heterocycles. The fourth-order valence-electron chi connectivity index (χ4n) is 5.38. The molecule has 0 amide bonds. The van der Waals surface area contributed by atoms with Crippen molar-refractivity contribution < 1.29 is 18.3 Å². The number of aliphatic hydroxyl groups is 1. The zero-order valence-electron chi connectivity index (χ0n) is 19.8. The smallest absolute Gasteiger partial charge is 0.247 e. The number of sulfonamides is 1. The van der Waals surface area contributed by atoms with Crippen LogP contribution in [-0.4, -0.2) is 51.2 Å². The average Bonchev–Trinajstić information content (AvgIpc) is 3.34. The summed E-state index contributed by atoms with van der Waals surface area (Å²) >= 11 is 0. The van der Waals surface area contributed by atoms with Gasteiger partial charge in [-0.25, -0.2) is 8.42 Å². The van der Waals surface area contributed by atoms with Crippen LogP contribution < -0.4 is 9.64 Å². The molecule has 7 heteroatoms. The highest BCUT2D eigenvalue weighted by Gasteiger charge is 2.50. The van der Waals surface area contributed by atoms with Crippen LogP contribution in [0.3, 0.4) is 0 Å². The molecule has 5 rings (SSSR count). The maximum absolute atomic E-state index is 13.9. The summed E-state index contributed by atoms with van der Waals surface area (Å²) in [5.41, 5.74) is 3.57. The largest absolute Gasteiger partial charge is 0.495 e. The lowest BCUT2D eigenvalue weighted by atomic mass is 9.82. The first kappa shape index (κ1) is 23.4. The van der Waals surface area contributed by atoms with E-state index in [-0.39, 0.29) is 23.5 Å². The molecule has 2 heterocycles. The van der Waals surface area contributed by atoms with Gasteiger partial charge in [-0.2, -0.15) is 4.31 Å². The highest BCUT2D eigenvalue weighted by molar-refractivity contribution is 7.89. The van der Waals surface area contributed by atoms with E-state index in [4.69, 9.17) is 4.74 Å². The lowest BCUT2D eigenvalue weighted by Gasteiger charge is -2.44. The Hall–Kier alpha value is -3.31. The van der Waals surface area contributed by atoms with E-state index in [2.05, 4.69) is 16.7 Å². The predicted molar refractivity (Wildman–Crippen MR) is 136 cm³/mol. The molecule has 0 unspecified atom stereocenters. The van der Waals surface area contributed by atoms with E-state index in [0.717, 1.165) is 22.4 Å². The van der Waals surface area contributed by atoms with Crippen molar-refractivity contribution in [2.24, 2.45) is 5.92 Å². The van der Waals surface area contributed by atoms with Crippen molar-refractivity contribution in [3.8, 4) is 17.6 Å². The van der Waals surface area contributed by atoms with Gasteiger partial charge in [-0.05, 0) is 54.4 Å². The number of fused-ring (bicyclic) bond motifs is 3. The minimum absolute atomic E-state index is 0.0423.